The third kappa shape index (κ3) is 4.23. The molecule has 0 fully saturated rings. The average molecular weight is 264 g/mol. The van der Waals surface area contributed by atoms with E-state index in [1.807, 2.05) is 0 Å². The molecule has 0 saturated carbocycles. The summed E-state index contributed by atoms with van der Waals surface area (Å²) in [4.78, 5) is 9.69. The molecule has 0 unspecified atom stereocenters. The second-order valence-electron chi connectivity index (χ2n) is 3.17. The second kappa shape index (κ2) is 7.04. The highest BCUT2D eigenvalue weighted by Gasteiger charge is 2.07. The summed E-state index contributed by atoms with van der Waals surface area (Å²) in [7, 11) is 0. The summed E-state index contributed by atoms with van der Waals surface area (Å²) in [6.07, 6.45) is 1.11. The molecule has 0 aliphatic rings. The Morgan fingerprint density at radius 2 is 2.12 bits per heavy atom. The predicted molar refractivity (Wildman–Crippen MR) is 65.5 cm³/mol. The fourth-order valence-corrected chi connectivity index (χ4v) is 2.31. The minimum absolute atomic E-state index is 0.0896. The van der Waals surface area contributed by atoms with E-state index in [-0.39, 0.29) is 5.28 Å². The highest BCUT2D eigenvalue weighted by Crippen LogP contribution is 2.19. The van der Waals surface area contributed by atoms with Crippen LogP contribution in [0.15, 0.2) is 11.2 Å². The average Bonchev–Trinajstić information content (AvgIpc) is 2.29. The Balaban J connectivity index is 2.45. The molecular formula is C10H15ClFN3S. The first kappa shape index (κ1) is 13.7. The highest BCUT2D eigenvalue weighted by atomic mass is 35.5. The van der Waals surface area contributed by atoms with Gasteiger partial charge in [0.2, 0.25) is 5.28 Å². The van der Waals surface area contributed by atoms with Gasteiger partial charge in [-0.1, -0.05) is 13.8 Å². The molecule has 0 bridgehead atoms. The standard InChI is InChI=1S/C10H15ClFN3S/c1-3-15(4-2)5-6-16-9-8(12)7-13-10(11)14-9/h7H,3-6H2,1-2H3. The van der Waals surface area contributed by atoms with Gasteiger partial charge in [0.1, 0.15) is 5.03 Å². The zero-order valence-corrected chi connectivity index (χ0v) is 11.0. The first-order valence-electron chi connectivity index (χ1n) is 5.20. The van der Waals surface area contributed by atoms with Crippen molar-refractivity contribution in [3.63, 3.8) is 0 Å². The van der Waals surface area contributed by atoms with Gasteiger partial charge in [-0.2, -0.15) is 0 Å². The fraction of sp³-hybridized carbons (Fsp3) is 0.600. The van der Waals surface area contributed by atoms with Gasteiger partial charge >= 0.3 is 0 Å². The highest BCUT2D eigenvalue weighted by molar-refractivity contribution is 7.99. The topological polar surface area (TPSA) is 29.0 Å². The Hall–Kier alpha value is -0.390. The lowest BCUT2D eigenvalue weighted by Gasteiger charge is -2.17. The molecule has 90 valence electrons. The second-order valence-corrected chi connectivity index (χ2v) is 4.59. The summed E-state index contributed by atoms with van der Waals surface area (Å²) in [5.41, 5.74) is 0. The van der Waals surface area contributed by atoms with Gasteiger partial charge in [0, 0.05) is 12.3 Å². The van der Waals surface area contributed by atoms with E-state index in [4.69, 9.17) is 11.6 Å². The maximum absolute atomic E-state index is 13.2. The molecule has 1 aromatic rings. The van der Waals surface area contributed by atoms with Gasteiger partial charge in [0.15, 0.2) is 5.82 Å². The Kier molecular flexibility index (Phi) is 6.01. The molecule has 1 aromatic heterocycles. The van der Waals surface area contributed by atoms with Crippen molar-refractivity contribution in [2.24, 2.45) is 0 Å². The summed E-state index contributed by atoms with van der Waals surface area (Å²) in [6.45, 7) is 7.14. The molecule has 6 heteroatoms. The van der Waals surface area contributed by atoms with E-state index in [0.29, 0.717) is 5.03 Å². The molecule has 0 saturated heterocycles. The minimum Gasteiger partial charge on any atom is -0.303 e. The van der Waals surface area contributed by atoms with Gasteiger partial charge in [0.25, 0.3) is 0 Å². The van der Waals surface area contributed by atoms with Crippen LogP contribution in [0.4, 0.5) is 4.39 Å². The van der Waals surface area contributed by atoms with Crippen molar-refractivity contribution in [2.45, 2.75) is 18.9 Å². The summed E-state index contributed by atoms with van der Waals surface area (Å²) < 4.78 is 13.2. The van der Waals surface area contributed by atoms with E-state index < -0.39 is 5.82 Å². The van der Waals surface area contributed by atoms with E-state index in [1.165, 1.54) is 11.8 Å². The van der Waals surface area contributed by atoms with Gasteiger partial charge in [-0.25, -0.2) is 14.4 Å². The van der Waals surface area contributed by atoms with Gasteiger partial charge in [-0.15, -0.1) is 11.8 Å². The molecule has 0 N–H and O–H groups in total. The summed E-state index contributed by atoms with van der Waals surface area (Å²) in [5, 5.41) is 0.416. The van der Waals surface area contributed by atoms with Crippen molar-refractivity contribution in [3.8, 4) is 0 Å². The quantitative estimate of drug-likeness (QED) is 0.448. The van der Waals surface area contributed by atoms with E-state index >= 15 is 0 Å². The van der Waals surface area contributed by atoms with E-state index in [9.17, 15) is 4.39 Å². The SMILES string of the molecule is CCN(CC)CCSc1nc(Cl)ncc1F. The van der Waals surface area contributed by atoms with Crippen LogP contribution >= 0.6 is 23.4 Å². The van der Waals surface area contributed by atoms with Crippen LogP contribution in [0.5, 0.6) is 0 Å². The lowest BCUT2D eigenvalue weighted by Crippen LogP contribution is -2.25. The largest absolute Gasteiger partial charge is 0.303 e. The van der Waals surface area contributed by atoms with Crippen LogP contribution in [0.2, 0.25) is 5.28 Å². The molecule has 16 heavy (non-hydrogen) atoms. The number of halogens is 2. The molecule has 1 rings (SSSR count). The van der Waals surface area contributed by atoms with Gasteiger partial charge in [-0.05, 0) is 24.7 Å². The van der Waals surface area contributed by atoms with E-state index in [1.54, 1.807) is 0 Å². The molecular weight excluding hydrogens is 249 g/mol. The van der Waals surface area contributed by atoms with Crippen molar-refractivity contribution in [2.75, 3.05) is 25.4 Å². The number of thioether (sulfide) groups is 1. The smallest absolute Gasteiger partial charge is 0.223 e. The van der Waals surface area contributed by atoms with Crippen molar-refractivity contribution in [3.05, 3.63) is 17.3 Å². The molecule has 0 aliphatic heterocycles. The summed E-state index contributed by atoms with van der Waals surface area (Å²) in [5.74, 6) is 0.389. The predicted octanol–water partition coefficient (Wildman–Crippen LogP) is 2.70. The lowest BCUT2D eigenvalue weighted by atomic mass is 10.5. The minimum atomic E-state index is -0.408. The zero-order chi connectivity index (χ0) is 12.0. The normalized spacial score (nSPS) is 11.1. The summed E-state index contributed by atoms with van der Waals surface area (Å²) in [6, 6.07) is 0. The van der Waals surface area contributed by atoms with Crippen LogP contribution in [0, 0.1) is 5.82 Å². The molecule has 0 atom stereocenters. The van der Waals surface area contributed by atoms with Crippen LogP contribution in [0.3, 0.4) is 0 Å². The van der Waals surface area contributed by atoms with Crippen LogP contribution in [0.1, 0.15) is 13.8 Å². The number of hydrogen-bond donors (Lipinski definition) is 0. The zero-order valence-electron chi connectivity index (χ0n) is 9.41. The Labute approximate surface area is 104 Å². The molecule has 0 spiro atoms. The van der Waals surface area contributed by atoms with Crippen LogP contribution < -0.4 is 0 Å². The van der Waals surface area contributed by atoms with Crippen molar-refractivity contribution in [1.29, 1.82) is 0 Å². The van der Waals surface area contributed by atoms with Crippen molar-refractivity contribution in [1.82, 2.24) is 14.9 Å². The monoisotopic (exact) mass is 263 g/mol. The molecule has 1 heterocycles. The Morgan fingerprint density at radius 1 is 1.44 bits per heavy atom. The maximum Gasteiger partial charge on any atom is 0.223 e. The van der Waals surface area contributed by atoms with Crippen LogP contribution in [-0.2, 0) is 0 Å². The number of aromatic nitrogens is 2. The first-order valence-corrected chi connectivity index (χ1v) is 6.56. The molecule has 0 aromatic carbocycles. The molecule has 0 aliphatic carbocycles. The Bertz CT molecular complexity index is 334. The van der Waals surface area contributed by atoms with Crippen molar-refractivity contribution < 1.29 is 4.39 Å². The maximum atomic E-state index is 13.2. The third-order valence-corrected chi connectivity index (χ3v) is 3.35. The molecule has 3 nitrogen and oxygen atoms in total. The van der Waals surface area contributed by atoms with E-state index in [2.05, 4.69) is 28.7 Å². The number of hydrogen-bond acceptors (Lipinski definition) is 4. The lowest BCUT2D eigenvalue weighted by molar-refractivity contribution is 0.324. The van der Waals surface area contributed by atoms with Crippen molar-refractivity contribution >= 4 is 23.4 Å². The molecule has 0 radical (unpaired) electrons. The van der Waals surface area contributed by atoms with E-state index in [0.717, 1.165) is 31.6 Å². The van der Waals surface area contributed by atoms with Gasteiger partial charge < -0.3 is 4.90 Å². The van der Waals surface area contributed by atoms with Crippen LogP contribution in [-0.4, -0.2) is 40.3 Å². The number of nitrogens with zero attached hydrogens (tertiary/aromatic N) is 3. The van der Waals surface area contributed by atoms with Gasteiger partial charge in [0.05, 0.1) is 6.20 Å². The third-order valence-electron chi connectivity index (χ3n) is 2.22. The fourth-order valence-electron chi connectivity index (χ4n) is 1.24. The van der Waals surface area contributed by atoms with Crippen LogP contribution in [0.25, 0.3) is 0 Å². The Morgan fingerprint density at radius 3 is 2.75 bits per heavy atom. The summed E-state index contributed by atoms with van der Waals surface area (Å²) >= 11 is 6.97. The van der Waals surface area contributed by atoms with Gasteiger partial charge in [-0.3, -0.25) is 0 Å². The first-order chi connectivity index (χ1) is 7.67. The number of rotatable bonds is 6. The molecule has 0 amide bonds.